The summed E-state index contributed by atoms with van der Waals surface area (Å²) in [4.78, 5) is 11.1. The number of para-hydroxylation sites is 1. The Balaban J connectivity index is 2.47. The highest BCUT2D eigenvalue weighted by atomic mass is 35.5. The lowest BCUT2D eigenvalue weighted by Gasteiger charge is -2.14. The lowest BCUT2D eigenvalue weighted by Crippen LogP contribution is -2.24. The maximum Gasteiger partial charge on any atom is 0.308 e. The minimum Gasteiger partial charge on any atom is -0.466 e. The van der Waals surface area contributed by atoms with E-state index in [0.717, 1.165) is 0 Å². The summed E-state index contributed by atoms with van der Waals surface area (Å²) in [5, 5.41) is 13.5. The fourth-order valence-electron chi connectivity index (χ4n) is 1.37. The Morgan fingerprint density at radius 3 is 2.61 bits per heavy atom. The van der Waals surface area contributed by atoms with Crippen LogP contribution < -0.4 is 5.32 Å². The number of nitrogens with one attached hydrogen (secondary N) is 1. The second kappa shape index (κ2) is 7.46. The zero-order chi connectivity index (χ0) is 13.5. The van der Waals surface area contributed by atoms with E-state index in [0.29, 0.717) is 22.3 Å². The number of halogens is 2. The third kappa shape index (κ3) is 4.72. The van der Waals surface area contributed by atoms with Crippen LogP contribution >= 0.6 is 23.2 Å². The van der Waals surface area contributed by atoms with Crippen LogP contribution in [0.1, 0.15) is 13.3 Å². The summed E-state index contributed by atoms with van der Waals surface area (Å²) < 4.78 is 4.73. The average Bonchev–Trinajstić information content (AvgIpc) is 2.28. The third-order valence-corrected chi connectivity index (χ3v) is 2.81. The molecule has 0 saturated heterocycles. The Labute approximate surface area is 116 Å². The van der Waals surface area contributed by atoms with Crippen LogP contribution in [0.25, 0.3) is 0 Å². The maximum atomic E-state index is 11.1. The van der Waals surface area contributed by atoms with Crippen LogP contribution in [-0.4, -0.2) is 30.3 Å². The number of hydrogen-bond donors (Lipinski definition) is 2. The number of benzene rings is 1. The number of ether oxygens (including phenoxy) is 1. The summed E-state index contributed by atoms with van der Waals surface area (Å²) >= 11 is 11.9. The van der Waals surface area contributed by atoms with Crippen LogP contribution in [0, 0.1) is 0 Å². The van der Waals surface area contributed by atoms with Crippen LogP contribution in [0.2, 0.25) is 10.0 Å². The average molecular weight is 292 g/mol. The minimum absolute atomic E-state index is 0.0666. The highest BCUT2D eigenvalue weighted by molar-refractivity contribution is 6.39. The van der Waals surface area contributed by atoms with Crippen molar-refractivity contribution in [1.29, 1.82) is 0 Å². The summed E-state index contributed by atoms with van der Waals surface area (Å²) in [6, 6.07) is 5.10. The number of esters is 1. The van der Waals surface area contributed by atoms with Crippen molar-refractivity contribution in [2.45, 2.75) is 19.4 Å². The number of anilines is 1. The fourth-order valence-corrected chi connectivity index (χ4v) is 1.90. The topological polar surface area (TPSA) is 58.6 Å². The van der Waals surface area contributed by atoms with Gasteiger partial charge < -0.3 is 15.2 Å². The van der Waals surface area contributed by atoms with E-state index in [1.165, 1.54) is 0 Å². The number of aliphatic hydroxyl groups excluding tert-OH is 1. The molecule has 1 aromatic rings. The molecular weight excluding hydrogens is 277 g/mol. The molecule has 1 rings (SSSR count). The number of hydrogen-bond acceptors (Lipinski definition) is 4. The first-order valence-corrected chi connectivity index (χ1v) is 6.31. The van der Waals surface area contributed by atoms with Crippen molar-refractivity contribution in [1.82, 2.24) is 0 Å². The van der Waals surface area contributed by atoms with Gasteiger partial charge in [0.15, 0.2) is 0 Å². The van der Waals surface area contributed by atoms with E-state index in [4.69, 9.17) is 27.9 Å². The van der Waals surface area contributed by atoms with Gasteiger partial charge in [0, 0.05) is 6.54 Å². The summed E-state index contributed by atoms with van der Waals surface area (Å²) in [5.41, 5.74) is 0.545. The predicted octanol–water partition coefficient (Wildman–Crippen LogP) is 2.72. The smallest absolute Gasteiger partial charge is 0.308 e. The number of carbonyl (C=O) groups excluding carboxylic acids is 1. The molecule has 2 N–H and O–H groups in total. The molecule has 0 bridgehead atoms. The SMILES string of the molecule is CCOC(=O)CC(O)CNc1c(Cl)cccc1Cl. The van der Waals surface area contributed by atoms with Crippen LogP contribution in [-0.2, 0) is 9.53 Å². The van der Waals surface area contributed by atoms with Crippen molar-refractivity contribution in [2.75, 3.05) is 18.5 Å². The highest BCUT2D eigenvalue weighted by Gasteiger charge is 2.13. The first kappa shape index (κ1) is 15.1. The van der Waals surface area contributed by atoms with Crippen LogP contribution in [0.3, 0.4) is 0 Å². The molecule has 0 spiro atoms. The van der Waals surface area contributed by atoms with Crippen molar-refractivity contribution in [3.8, 4) is 0 Å². The van der Waals surface area contributed by atoms with Crippen LogP contribution in [0.5, 0.6) is 0 Å². The zero-order valence-electron chi connectivity index (χ0n) is 9.95. The van der Waals surface area contributed by atoms with E-state index in [1.54, 1.807) is 25.1 Å². The van der Waals surface area contributed by atoms with Gasteiger partial charge in [0.05, 0.1) is 34.9 Å². The Morgan fingerprint density at radius 2 is 2.06 bits per heavy atom. The molecule has 0 aliphatic carbocycles. The van der Waals surface area contributed by atoms with Gasteiger partial charge in [-0.25, -0.2) is 0 Å². The van der Waals surface area contributed by atoms with Gasteiger partial charge in [-0.2, -0.15) is 0 Å². The van der Waals surface area contributed by atoms with Gasteiger partial charge in [-0.1, -0.05) is 29.3 Å². The standard InChI is InChI=1S/C12H15Cl2NO3/c1-2-18-11(17)6-8(16)7-15-12-9(13)4-3-5-10(12)14/h3-5,8,15-16H,2,6-7H2,1H3. The van der Waals surface area contributed by atoms with E-state index in [2.05, 4.69) is 5.32 Å². The number of rotatable bonds is 6. The lowest BCUT2D eigenvalue weighted by atomic mass is 10.2. The number of carbonyl (C=O) groups is 1. The summed E-state index contributed by atoms with van der Waals surface area (Å²) in [6.07, 6.45) is -0.917. The molecule has 1 atom stereocenters. The second-order valence-corrected chi connectivity index (χ2v) is 4.45. The molecule has 0 fully saturated rings. The Hall–Kier alpha value is -0.970. The van der Waals surface area contributed by atoms with E-state index >= 15 is 0 Å². The van der Waals surface area contributed by atoms with Crippen molar-refractivity contribution in [2.24, 2.45) is 0 Å². The third-order valence-electron chi connectivity index (χ3n) is 2.18. The quantitative estimate of drug-likeness (QED) is 0.791. The highest BCUT2D eigenvalue weighted by Crippen LogP contribution is 2.29. The van der Waals surface area contributed by atoms with E-state index in [9.17, 15) is 9.90 Å². The van der Waals surface area contributed by atoms with Crippen molar-refractivity contribution in [3.05, 3.63) is 28.2 Å². The molecule has 0 amide bonds. The van der Waals surface area contributed by atoms with Crippen molar-refractivity contribution in [3.63, 3.8) is 0 Å². The molecule has 6 heteroatoms. The van der Waals surface area contributed by atoms with Crippen LogP contribution in [0.4, 0.5) is 5.69 Å². The van der Waals surface area contributed by atoms with Gasteiger partial charge in [0.25, 0.3) is 0 Å². The monoisotopic (exact) mass is 291 g/mol. The first-order valence-electron chi connectivity index (χ1n) is 5.56. The molecule has 18 heavy (non-hydrogen) atoms. The van der Waals surface area contributed by atoms with Gasteiger partial charge in [-0.3, -0.25) is 4.79 Å². The molecule has 0 aliphatic heterocycles. The largest absolute Gasteiger partial charge is 0.466 e. The van der Waals surface area contributed by atoms with E-state index in [1.807, 2.05) is 0 Å². The molecular formula is C12H15Cl2NO3. The predicted molar refractivity (Wildman–Crippen MR) is 72.2 cm³/mol. The molecule has 0 saturated carbocycles. The maximum absolute atomic E-state index is 11.1. The summed E-state index contributed by atoms with van der Waals surface area (Å²) in [5.74, 6) is -0.433. The van der Waals surface area contributed by atoms with E-state index in [-0.39, 0.29) is 13.0 Å². The Bertz CT molecular complexity index is 392. The molecule has 4 nitrogen and oxygen atoms in total. The molecule has 1 unspecified atom stereocenters. The second-order valence-electron chi connectivity index (χ2n) is 3.64. The van der Waals surface area contributed by atoms with Crippen LogP contribution in [0.15, 0.2) is 18.2 Å². The Morgan fingerprint density at radius 1 is 1.44 bits per heavy atom. The summed E-state index contributed by atoms with van der Waals surface area (Å²) in [6.45, 7) is 2.18. The molecule has 0 aromatic heterocycles. The molecule has 100 valence electrons. The van der Waals surface area contributed by atoms with E-state index < -0.39 is 12.1 Å². The molecule has 1 aromatic carbocycles. The fraction of sp³-hybridized carbons (Fsp3) is 0.417. The first-order chi connectivity index (χ1) is 8.54. The molecule has 0 aliphatic rings. The van der Waals surface area contributed by atoms with Crippen molar-refractivity contribution >= 4 is 34.9 Å². The number of aliphatic hydroxyl groups is 1. The normalized spacial score (nSPS) is 12.0. The Kier molecular flexibility index (Phi) is 6.25. The molecule has 0 heterocycles. The lowest BCUT2D eigenvalue weighted by molar-refractivity contribution is -0.145. The van der Waals surface area contributed by atoms with Gasteiger partial charge >= 0.3 is 5.97 Å². The van der Waals surface area contributed by atoms with Gasteiger partial charge in [-0.15, -0.1) is 0 Å². The van der Waals surface area contributed by atoms with Gasteiger partial charge in [0.1, 0.15) is 0 Å². The minimum atomic E-state index is -0.851. The summed E-state index contributed by atoms with van der Waals surface area (Å²) in [7, 11) is 0. The van der Waals surface area contributed by atoms with Gasteiger partial charge in [0.2, 0.25) is 0 Å². The molecule has 0 radical (unpaired) electrons. The van der Waals surface area contributed by atoms with Crippen molar-refractivity contribution < 1.29 is 14.6 Å². The van der Waals surface area contributed by atoms with Gasteiger partial charge in [-0.05, 0) is 19.1 Å². The zero-order valence-corrected chi connectivity index (χ0v) is 11.5.